The second kappa shape index (κ2) is 8.95. The van der Waals surface area contributed by atoms with Crippen molar-refractivity contribution in [2.45, 2.75) is 6.92 Å². The third-order valence-electron chi connectivity index (χ3n) is 4.27. The SMILES string of the molecule is Cc1ccc([NH2+]C(=O)/C(Oc2ccc(-c3ccc(F)cc3)cc2)=C(/N)C=N)cc1. The smallest absolute Gasteiger partial charge is 0.385 e. The molecule has 5 nitrogen and oxygen atoms in total. The molecule has 0 spiro atoms. The van der Waals surface area contributed by atoms with Gasteiger partial charge in [-0.1, -0.05) is 42.0 Å². The van der Waals surface area contributed by atoms with Crippen LogP contribution in [0.4, 0.5) is 10.1 Å². The predicted octanol–water partition coefficient (Wildman–Crippen LogP) is 3.42. The fraction of sp³-hybridized carbons (Fsp3) is 0.0435. The maximum atomic E-state index is 13.1. The first-order valence-corrected chi connectivity index (χ1v) is 8.96. The van der Waals surface area contributed by atoms with E-state index < -0.39 is 5.91 Å². The fourth-order valence-electron chi connectivity index (χ4n) is 2.67. The average Bonchev–Trinajstić information content (AvgIpc) is 2.74. The van der Waals surface area contributed by atoms with Gasteiger partial charge in [0.05, 0.1) is 0 Å². The first-order chi connectivity index (χ1) is 14.0. The summed E-state index contributed by atoms with van der Waals surface area (Å²) < 4.78 is 18.8. The molecule has 5 N–H and O–H groups in total. The molecule has 0 saturated carbocycles. The van der Waals surface area contributed by atoms with Gasteiger partial charge in [-0.05, 0) is 54.4 Å². The van der Waals surface area contributed by atoms with Gasteiger partial charge in [-0.25, -0.2) is 14.5 Å². The van der Waals surface area contributed by atoms with Crippen LogP contribution in [0.2, 0.25) is 0 Å². The topological polar surface area (TPSA) is 92.8 Å². The van der Waals surface area contributed by atoms with Crippen LogP contribution in [-0.4, -0.2) is 12.1 Å². The summed E-state index contributed by atoms with van der Waals surface area (Å²) in [5, 5.41) is 8.80. The number of quaternary nitrogens is 1. The third kappa shape index (κ3) is 5.15. The van der Waals surface area contributed by atoms with Gasteiger partial charge in [0.1, 0.15) is 23.0 Å². The number of allylic oxidation sites excluding steroid dienone is 1. The van der Waals surface area contributed by atoms with E-state index in [-0.39, 0.29) is 17.3 Å². The Hall–Kier alpha value is -3.77. The van der Waals surface area contributed by atoms with E-state index in [1.807, 2.05) is 31.2 Å². The number of halogens is 1. The van der Waals surface area contributed by atoms with Crippen molar-refractivity contribution in [2.75, 3.05) is 0 Å². The van der Waals surface area contributed by atoms with Gasteiger partial charge in [0.15, 0.2) is 0 Å². The van der Waals surface area contributed by atoms with Gasteiger partial charge in [0, 0.05) is 6.21 Å². The van der Waals surface area contributed by atoms with E-state index in [1.165, 1.54) is 17.4 Å². The molecule has 0 fully saturated rings. The first-order valence-electron chi connectivity index (χ1n) is 8.96. The molecule has 3 aromatic carbocycles. The Balaban J connectivity index is 1.78. The summed E-state index contributed by atoms with van der Waals surface area (Å²) in [7, 11) is 0. The number of hydrogen-bond donors (Lipinski definition) is 3. The minimum atomic E-state index is -0.433. The lowest BCUT2D eigenvalue weighted by Gasteiger charge is -2.10. The number of nitrogens with two attached hydrogens (primary N) is 2. The molecule has 3 rings (SSSR count). The zero-order valence-electron chi connectivity index (χ0n) is 15.9. The minimum Gasteiger partial charge on any atom is -0.446 e. The molecule has 0 saturated heterocycles. The summed E-state index contributed by atoms with van der Waals surface area (Å²) in [6.07, 6.45) is 0.878. The van der Waals surface area contributed by atoms with Crippen molar-refractivity contribution in [3.8, 4) is 16.9 Å². The van der Waals surface area contributed by atoms with E-state index in [4.69, 9.17) is 15.9 Å². The van der Waals surface area contributed by atoms with Crippen molar-refractivity contribution < 1.29 is 19.2 Å². The van der Waals surface area contributed by atoms with Crippen LogP contribution < -0.4 is 15.8 Å². The van der Waals surface area contributed by atoms with Gasteiger partial charge in [0.25, 0.3) is 5.76 Å². The standard InChI is InChI=1S/C23H20FN3O2/c1-15-2-10-19(11-3-15)27-23(28)22(21(26)14-25)29-20-12-6-17(7-13-20)16-4-8-18(24)9-5-16/h2-14,25H,26H2,1H3,(H,27,28)/p+1/b22-21-,25-14?. The fourth-order valence-corrected chi connectivity index (χ4v) is 2.67. The van der Waals surface area contributed by atoms with Gasteiger partial charge in [-0.2, -0.15) is 0 Å². The Labute approximate surface area is 168 Å². The third-order valence-corrected chi connectivity index (χ3v) is 4.27. The largest absolute Gasteiger partial charge is 0.446 e. The van der Waals surface area contributed by atoms with Crippen LogP contribution in [0.1, 0.15) is 5.56 Å². The molecule has 0 aliphatic rings. The number of aryl methyl sites for hydroxylation is 1. The van der Waals surface area contributed by atoms with E-state index in [1.54, 1.807) is 36.4 Å². The lowest BCUT2D eigenvalue weighted by Crippen LogP contribution is -2.83. The van der Waals surface area contributed by atoms with Crippen LogP contribution >= 0.6 is 0 Å². The molecular formula is C23H21FN3O2+. The van der Waals surface area contributed by atoms with Gasteiger partial charge < -0.3 is 15.9 Å². The second-order valence-electron chi connectivity index (χ2n) is 6.48. The van der Waals surface area contributed by atoms with Crippen molar-refractivity contribution in [3.05, 3.63) is 95.6 Å². The Bertz CT molecular complexity index is 1040. The molecule has 29 heavy (non-hydrogen) atoms. The van der Waals surface area contributed by atoms with Crippen molar-refractivity contribution in [3.63, 3.8) is 0 Å². The van der Waals surface area contributed by atoms with Crippen LogP contribution in [0.3, 0.4) is 0 Å². The predicted molar refractivity (Wildman–Crippen MR) is 110 cm³/mol. The van der Waals surface area contributed by atoms with E-state index in [2.05, 4.69) is 0 Å². The highest BCUT2D eigenvalue weighted by Crippen LogP contribution is 2.23. The van der Waals surface area contributed by atoms with E-state index in [0.717, 1.165) is 22.9 Å². The Morgan fingerprint density at radius 3 is 2.07 bits per heavy atom. The summed E-state index contributed by atoms with van der Waals surface area (Å²) in [5.74, 6) is -0.442. The number of carbonyl (C=O) groups excluding carboxylic acids is 1. The molecule has 0 bridgehead atoms. The lowest BCUT2D eigenvalue weighted by molar-refractivity contribution is -0.480. The van der Waals surface area contributed by atoms with Crippen LogP contribution in [0.5, 0.6) is 5.75 Å². The number of primary amides is 1. The number of rotatable bonds is 6. The molecule has 0 aliphatic carbocycles. The Kier molecular flexibility index (Phi) is 6.16. The summed E-state index contributed by atoms with van der Waals surface area (Å²) in [5.41, 5.74) is 9.28. The highest BCUT2D eigenvalue weighted by Gasteiger charge is 2.21. The molecule has 1 amide bonds. The van der Waals surface area contributed by atoms with Crippen LogP contribution in [0.25, 0.3) is 11.1 Å². The summed E-state index contributed by atoms with van der Waals surface area (Å²) >= 11 is 0. The lowest BCUT2D eigenvalue weighted by atomic mass is 10.1. The Morgan fingerprint density at radius 1 is 0.966 bits per heavy atom. The zero-order valence-corrected chi connectivity index (χ0v) is 15.9. The van der Waals surface area contributed by atoms with Gasteiger partial charge in [-0.15, -0.1) is 0 Å². The maximum absolute atomic E-state index is 13.1. The number of nitrogens with one attached hydrogen (secondary N) is 1. The molecule has 0 unspecified atom stereocenters. The highest BCUT2D eigenvalue weighted by atomic mass is 19.1. The van der Waals surface area contributed by atoms with Crippen molar-refractivity contribution in [1.82, 2.24) is 0 Å². The highest BCUT2D eigenvalue weighted by molar-refractivity contribution is 5.92. The molecular weight excluding hydrogens is 369 g/mol. The normalized spacial score (nSPS) is 11.5. The maximum Gasteiger partial charge on any atom is 0.385 e. The monoisotopic (exact) mass is 390 g/mol. The molecule has 0 heterocycles. The van der Waals surface area contributed by atoms with E-state index in [9.17, 15) is 9.18 Å². The number of hydrogen-bond acceptors (Lipinski definition) is 4. The Morgan fingerprint density at radius 2 is 1.52 bits per heavy atom. The molecule has 6 heteroatoms. The molecule has 0 aromatic heterocycles. The zero-order chi connectivity index (χ0) is 20.8. The van der Waals surface area contributed by atoms with Crippen LogP contribution in [-0.2, 0) is 4.79 Å². The molecule has 0 aliphatic heterocycles. The molecule has 3 aromatic rings. The number of ether oxygens (including phenoxy) is 1. The quantitative estimate of drug-likeness (QED) is 0.261. The van der Waals surface area contributed by atoms with Gasteiger partial charge in [-0.3, -0.25) is 0 Å². The van der Waals surface area contributed by atoms with Gasteiger partial charge >= 0.3 is 5.91 Å². The number of carbonyl (C=O) groups is 1. The molecule has 0 atom stereocenters. The summed E-state index contributed by atoms with van der Waals surface area (Å²) in [6, 6.07) is 20.6. The molecule has 0 radical (unpaired) electrons. The summed E-state index contributed by atoms with van der Waals surface area (Å²) in [6.45, 7) is 1.96. The number of benzene rings is 3. The van der Waals surface area contributed by atoms with Gasteiger partial charge in [0.2, 0.25) is 0 Å². The van der Waals surface area contributed by atoms with Crippen molar-refractivity contribution in [2.24, 2.45) is 5.73 Å². The molecule has 146 valence electrons. The summed E-state index contributed by atoms with van der Waals surface area (Å²) in [4.78, 5) is 12.7. The van der Waals surface area contributed by atoms with E-state index in [0.29, 0.717) is 11.4 Å². The minimum absolute atomic E-state index is 0.0685. The van der Waals surface area contributed by atoms with Crippen molar-refractivity contribution >= 4 is 17.8 Å². The van der Waals surface area contributed by atoms with E-state index >= 15 is 0 Å². The van der Waals surface area contributed by atoms with Crippen LogP contribution in [0.15, 0.2) is 84.3 Å². The van der Waals surface area contributed by atoms with Crippen molar-refractivity contribution in [1.29, 1.82) is 5.41 Å². The average molecular weight is 390 g/mol. The first kappa shape index (κ1) is 20.0. The van der Waals surface area contributed by atoms with Crippen LogP contribution in [0, 0.1) is 18.2 Å². The number of amides is 1. The second-order valence-corrected chi connectivity index (χ2v) is 6.48.